The fourth-order valence-corrected chi connectivity index (χ4v) is 1.33. The number of fused-ring (bicyclic) bond motifs is 1. The van der Waals surface area contributed by atoms with E-state index in [9.17, 15) is 4.79 Å². The van der Waals surface area contributed by atoms with Crippen LogP contribution in [-0.2, 0) is 0 Å². The third-order valence-electron chi connectivity index (χ3n) is 2.00. The lowest BCUT2D eigenvalue weighted by molar-refractivity contribution is 0.296. The van der Waals surface area contributed by atoms with Gasteiger partial charge in [0.2, 0.25) is 0 Å². The molecule has 0 saturated carbocycles. The zero-order valence-electron chi connectivity index (χ0n) is 8.41. The van der Waals surface area contributed by atoms with Crippen molar-refractivity contribution in [2.75, 3.05) is 6.61 Å². The van der Waals surface area contributed by atoms with Crippen LogP contribution in [0.4, 0.5) is 0 Å². The van der Waals surface area contributed by atoms with Gasteiger partial charge in [0.15, 0.2) is 0 Å². The molecule has 1 aromatic carbocycles. The lowest BCUT2D eigenvalue weighted by atomic mass is 10.3. The fourth-order valence-electron chi connectivity index (χ4n) is 1.33. The molecule has 0 bridgehead atoms. The Morgan fingerprint density at radius 1 is 1.40 bits per heavy atom. The van der Waals surface area contributed by atoms with E-state index in [0.29, 0.717) is 12.4 Å². The van der Waals surface area contributed by atoms with Gasteiger partial charge in [0.05, 0.1) is 11.0 Å². The van der Waals surface area contributed by atoms with Crippen molar-refractivity contribution in [3.05, 3.63) is 28.7 Å². The molecule has 1 heterocycles. The minimum Gasteiger partial charge on any atom is -0.492 e. The minimum absolute atomic E-state index is 0.00836. The number of rotatable bonds is 3. The number of H-pyrrole nitrogens is 2. The fraction of sp³-hybridized carbons (Fsp3) is 0.300. The van der Waals surface area contributed by atoms with Gasteiger partial charge in [-0.25, -0.2) is 4.79 Å². The monoisotopic (exact) mass is 207 g/mol. The Hall–Kier alpha value is -1.75. The number of aromatic amines is 2. The molecular formula is C10H13N3O2. The van der Waals surface area contributed by atoms with Crippen LogP contribution in [0.25, 0.3) is 11.0 Å². The zero-order chi connectivity index (χ0) is 10.8. The summed E-state index contributed by atoms with van der Waals surface area (Å²) in [5.74, 6) is 0.704. The van der Waals surface area contributed by atoms with Crippen LogP contribution in [0.5, 0.6) is 5.75 Å². The molecule has 15 heavy (non-hydrogen) atoms. The summed E-state index contributed by atoms with van der Waals surface area (Å²) in [4.78, 5) is 16.3. The molecular weight excluding hydrogens is 194 g/mol. The van der Waals surface area contributed by atoms with Crippen LogP contribution in [0.3, 0.4) is 0 Å². The van der Waals surface area contributed by atoms with Crippen LogP contribution >= 0.6 is 0 Å². The van der Waals surface area contributed by atoms with Crippen molar-refractivity contribution in [2.24, 2.45) is 5.73 Å². The maximum Gasteiger partial charge on any atom is 0.323 e. The molecule has 1 aromatic heterocycles. The minimum atomic E-state index is -0.214. The first-order chi connectivity index (χ1) is 7.15. The van der Waals surface area contributed by atoms with Crippen LogP contribution in [-0.4, -0.2) is 22.6 Å². The van der Waals surface area contributed by atoms with Gasteiger partial charge in [-0.2, -0.15) is 0 Å². The van der Waals surface area contributed by atoms with Crippen molar-refractivity contribution in [2.45, 2.75) is 13.0 Å². The van der Waals surface area contributed by atoms with Gasteiger partial charge in [0, 0.05) is 12.1 Å². The Kier molecular flexibility index (Phi) is 2.47. The maximum absolute atomic E-state index is 11.0. The Bertz CT molecular complexity index is 513. The van der Waals surface area contributed by atoms with Crippen LogP contribution in [0.15, 0.2) is 23.0 Å². The molecule has 5 heteroatoms. The predicted molar refractivity (Wildman–Crippen MR) is 58.1 cm³/mol. The highest BCUT2D eigenvalue weighted by Gasteiger charge is 2.01. The predicted octanol–water partition coefficient (Wildman–Crippen LogP) is 0.582. The molecule has 0 amide bonds. The number of imidazole rings is 1. The van der Waals surface area contributed by atoms with E-state index < -0.39 is 0 Å². The van der Waals surface area contributed by atoms with Crippen molar-refractivity contribution in [1.82, 2.24) is 9.97 Å². The average Bonchev–Trinajstić information content (AvgIpc) is 2.53. The maximum atomic E-state index is 11.0. The second-order valence-corrected chi connectivity index (χ2v) is 3.57. The van der Waals surface area contributed by atoms with E-state index >= 15 is 0 Å². The van der Waals surface area contributed by atoms with Crippen molar-refractivity contribution >= 4 is 11.0 Å². The smallest absolute Gasteiger partial charge is 0.323 e. The second kappa shape index (κ2) is 3.78. The molecule has 80 valence electrons. The first-order valence-corrected chi connectivity index (χ1v) is 4.75. The molecule has 0 aliphatic heterocycles. The lowest BCUT2D eigenvalue weighted by Gasteiger charge is -2.08. The highest BCUT2D eigenvalue weighted by molar-refractivity contribution is 5.75. The summed E-state index contributed by atoms with van der Waals surface area (Å²) in [6, 6.07) is 5.36. The quantitative estimate of drug-likeness (QED) is 0.688. The topological polar surface area (TPSA) is 83.9 Å². The highest BCUT2D eigenvalue weighted by Crippen LogP contribution is 2.16. The second-order valence-electron chi connectivity index (χ2n) is 3.57. The van der Waals surface area contributed by atoms with Gasteiger partial charge >= 0.3 is 5.69 Å². The molecule has 2 aromatic rings. The Balaban J connectivity index is 2.26. The normalized spacial score (nSPS) is 12.9. The molecule has 2 rings (SSSR count). The Labute approximate surface area is 86.3 Å². The van der Waals surface area contributed by atoms with Gasteiger partial charge in [-0.15, -0.1) is 0 Å². The third-order valence-corrected chi connectivity index (χ3v) is 2.00. The lowest BCUT2D eigenvalue weighted by Crippen LogP contribution is -2.23. The van der Waals surface area contributed by atoms with E-state index in [4.69, 9.17) is 10.5 Å². The SMILES string of the molecule is CC(N)COc1ccc2[nH]c(=O)[nH]c2c1. The van der Waals surface area contributed by atoms with Gasteiger partial charge < -0.3 is 20.4 Å². The number of ether oxygens (including phenoxy) is 1. The number of nitrogens with one attached hydrogen (secondary N) is 2. The van der Waals surface area contributed by atoms with Crippen molar-refractivity contribution in [1.29, 1.82) is 0 Å². The highest BCUT2D eigenvalue weighted by atomic mass is 16.5. The standard InChI is InChI=1S/C10H13N3O2/c1-6(11)5-15-7-2-3-8-9(4-7)13-10(14)12-8/h2-4,6H,5,11H2,1H3,(H2,12,13,14). The number of hydrogen-bond donors (Lipinski definition) is 3. The zero-order valence-corrected chi connectivity index (χ0v) is 8.41. The van der Waals surface area contributed by atoms with Gasteiger partial charge in [0.1, 0.15) is 12.4 Å². The summed E-state index contributed by atoms with van der Waals surface area (Å²) in [6.45, 7) is 2.33. The van der Waals surface area contributed by atoms with E-state index in [0.717, 1.165) is 11.0 Å². The third kappa shape index (κ3) is 2.19. The van der Waals surface area contributed by atoms with E-state index in [2.05, 4.69) is 9.97 Å². The molecule has 1 atom stereocenters. The largest absolute Gasteiger partial charge is 0.492 e. The number of aromatic nitrogens is 2. The molecule has 0 fully saturated rings. The molecule has 0 radical (unpaired) electrons. The Morgan fingerprint density at radius 3 is 2.87 bits per heavy atom. The number of benzene rings is 1. The average molecular weight is 207 g/mol. The summed E-state index contributed by atoms with van der Waals surface area (Å²) in [5, 5.41) is 0. The van der Waals surface area contributed by atoms with Gasteiger partial charge in [-0.3, -0.25) is 0 Å². The van der Waals surface area contributed by atoms with Crippen molar-refractivity contribution < 1.29 is 4.74 Å². The summed E-state index contributed by atoms with van der Waals surface area (Å²) in [7, 11) is 0. The molecule has 5 nitrogen and oxygen atoms in total. The van der Waals surface area contributed by atoms with Crippen molar-refractivity contribution in [3.8, 4) is 5.75 Å². The molecule has 0 saturated heterocycles. The summed E-state index contributed by atoms with van der Waals surface area (Å²) in [5.41, 5.74) is 6.86. The molecule has 0 aliphatic carbocycles. The summed E-state index contributed by atoms with van der Waals surface area (Å²) < 4.78 is 5.42. The number of hydrogen-bond acceptors (Lipinski definition) is 3. The van der Waals surface area contributed by atoms with Crippen LogP contribution < -0.4 is 16.2 Å². The summed E-state index contributed by atoms with van der Waals surface area (Å²) >= 11 is 0. The van der Waals surface area contributed by atoms with E-state index in [1.807, 2.05) is 6.92 Å². The first-order valence-electron chi connectivity index (χ1n) is 4.75. The van der Waals surface area contributed by atoms with Crippen LogP contribution in [0, 0.1) is 0 Å². The van der Waals surface area contributed by atoms with E-state index in [-0.39, 0.29) is 11.7 Å². The van der Waals surface area contributed by atoms with Crippen LogP contribution in [0.2, 0.25) is 0 Å². The molecule has 1 unspecified atom stereocenters. The van der Waals surface area contributed by atoms with Crippen molar-refractivity contribution in [3.63, 3.8) is 0 Å². The van der Waals surface area contributed by atoms with Gasteiger partial charge in [0.25, 0.3) is 0 Å². The number of nitrogens with two attached hydrogens (primary N) is 1. The first kappa shape index (κ1) is 9.79. The molecule has 0 aliphatic rings. The van der Waals surface area contributed by atoms with Crippen LogP contribution in [0.1, 0.15) is 6.92 Å². The van der Waals surface area contributed by atoms with Gasteiger partial charge in [-0.1, -0.05) is 0 Å². The Morgan fingerprint density at radius 2 is 2.13 bits per heavy atom. The van der Waals surface area contributed by atoms with E-state index in [1.54, 1.807) is 18.2 Å². The summed E-state index contributed by atoms with van der Waals surface area (Å²) in [6.07, 6.45) is 0. The molecule has 0 spiro atoms. The molecule has 4 N–H and O–H groups in total. The van der Waals surface area contributed by atoms with E-state index in [1.165, 1.54) is 0 Å². The van der Waals surface area contributed by atoms with Gasteiger partial charge in [-0.05, 0) is 19.1 Å².